The van der Waals surface area contributed by atoms with Gasteiger partial charge >= 0.3 is 12.0 Å². The molecule has 1 aliphatic heterocycles. The highest BCUT2D eigenvalue weighted by molar-refractivity contribution is 5.44. The average Bonchev–Trinajstić information content (AvgIpc) is 3.24. The van der Waals surface area contributed by atoms with Crippen LogP contribution in [0.5, 0.6) is 0 Å². The highest BCUT2D eigenvalue weighted by atomic mass is 19.4. The molecule has 1 saturated heterocycles. The molecule has 3 saturated carbocycles. The molecule has 0 radical (unpaired) electrons. The number of hydrogen-bond donors (Lipinski definition) is 2. The minimum Gasteiger partial charge on any atom is -0.392 e. The second-order valence-electron chi connectivity index (χ2n) is 14.8. The van der Waals surface area contributed by atoms with E-state index in [0.717, 1.165) is 16.7 Å². The Hall–Kier alpha value is -1.52. The Morgan fingerprint density at radius 2 is 1.64 bits per heavy atom. The molecule has 4 aliphatic carbocycles. The maximum absolute atomic E-state index is 14.9. The first kappa shape index (κ1) is 30.5. The third-order valence-corrected chi connectivity index (χ3v) is 11.2. The number of aliphatic hydroxyl groups is 2. The van der Waals surface area contributed by atoms with Gasteiger partial charge < -0.3 is 24.4 Å². The van der Waals surface area contributed by atoms with Gasteiger partial charge in [0.05, 0.1) is 31.5 Å². The van der Waals surface area contributed by atoms with Gasteiger partial charge in [-0.05, 0) is 72.5 Å². The molecule has 4 fully saturated rings. The highest BCUT2D eigenvalue weighted by Gasteiger charge is 2.64. The Kier molecular flexibility index (Phi) is 7.26. The van der Waals surface area contributed by atoms with Gasteiger partial charge in [0.15, 0.2) is 5.79 Å². The van der Waals surface area contributed by atoms with Crippen molar-refractivity contribution >= 4 is 0 Å². The number of halogens is 4. The van der Waals surface area contributed by atoms with Crippen LogP contribution in [0.1, 0.15) is 96.1 Å². The van der Waals surface area contributed by atoms with Crippen LogP contribution in [-0.4, -0.2) is 53.0 Å². The van der Waals surface area contributed by atoms with Gasteiger partial charge in [-0.15, -0.1) is 0 Å². The number of allylic oxidation sites excluding steroid dienone is 1. The largest absolute Gasteiger partial charge is 0.448 e. The summed E-state index contributed by atoms with van der Waals surface area (Å²) in [5.74, 6) is -4.66. The van der Waals surface area contributed by atoms with Gasteiger partial charge in [0.1, 0.15) is 0 Å². The molecule has 2 N–H and O–H groups in total. The molecule has 5 aliphatic rings. The molecule has 1 aromatic rings. The molecule has 0 aromatic heterocycles. The molecule has 7 unspecified atom stereocenters. The van der Waals surface area contributed by atoms with E-state index >= 15 is 0 Å². The van der Waals surface area contributed by atoms with E-state index < -0.39 is 34.9 Å². The number of rotatable bonds is 4. The number of aliphatic hydroxyl groups excluding tert-OH is 1. The van der Waals surface area contributed by atoms with E-state index in [1.165, 1.54) is 5.57 Å². The van der Waals surface area contributed by atoms with Gasteiger partial charge in [0.2, 0.25) is 0 Å². The molecule has 0 bridgehead atoms. The summed E-state index contributed by atoms with van der Waals surface area (Å²) >= 11 is 0. The fraction of sp³-hybridized carbons (Fsp3) is 0.758. The van der Waals surface area contributed by atoms with Gasteiger partial charge in [0, 0.05) is 31.1 Å². The lowest BCUT2D eigenvalue weighted by molar-refractivity contribution is -0.345. The van der Waals surface area contributed by atoms with Gasteiger partial charge in [-0.3, -0.25) is 0 Å². The van der Waals surface area contributed by atoms with Crippen molar-refractivity contribution in [2.75, 3.05) is 13.2 Å². The molecule has 234 valence electrons. The molecule has 6 rings (SSSR count). The summed E-state index contributed by atoms with van der Waals surface area (Å²) in [4.78, 5) is 0. The van der Waals surface area contributed by atoms with Crippen LogP contribution in [0.25, 0.3) is 0 Å². The van der Waals surface area contributed by atoms with Crippen LogP contribution in [0.3, 0.4) is 0 Å². The number of alkyl halides is 4. The third-order valence-electron chi connectivity index (χ3n) is 11.2. The first-order valence-electron chi connectivity index (χ1n) is 15.4. The van der Waals surface area contributed by atoms with E-state index in [0.29, 0.717) is 71.5 Å². The average molecular weight is 597 g/mol. The van der Waals surface area contributed by atoms with Crippen LogP contribution in [0.15, 0.2) is 35.4 Å². The summed E-state index contributed by atoms with van der Waals surface area (Å²) in [6, 6.07) is 7.67. The molecule has 1 spiro atoms. The minimum atomic E-state index is -5.12. The van der Waals surface area contributed by atoms with E-state index in [4.69, 9.17) is 14.2 Å². The van der Waals surface area contributed by atoms with E-state index in [1.807, 2.05) is 31.2 Å². The third kappa shape index (κ3) is 4.95. The second-order valence-corrected chi connectivity index (χ2v) is 14.8. The lowest BCUT2D eigenvalue weighted by Crippen LogP contribution is -2.58. The van der Waals surface area contributed by atoms with Gasteiger partial charge in [-0.1, -0.05) is 50.6 Å². The zero-order valence-corrected chi connectivity index (χ0v) is 25.0. The molecular formula is C33H44F4O5. The summed E-state index contributed by atoms with van der Waals surface area (Å²) < 4.78 is 73.5. The lowest BCUT2D eigenvalue weighted by Gasteiger charge is -2.57. The molecule has 5 nitrogen and oxygen atoms in total. The standard InChI is InChI=1S/C33H44F4O5/c1-28(2)18-40-32(41-19-28)14-12-25-27-22(11-13-31(25,39)17-32)24-9-10-26(42-30(4,34)33(35,36)37)29(24,3)15-23(27)21-7-5-20(16-38)6-8-21/h5-8,22-24,26,38-39H,9-19H2,1-4H3. The predicted octanol–water partition coefficient (Wildman–Crippen LogP) is 7.11. The van der Waals surface area contributed by atoms with Crippen molar-refractivity contribution in [2.24, 2.45) is 22.7 Å². The second kappa shape index (κ2) is 9.99. The first-order chi connectivity index (χ1) is 19.5. The monoisotopic (exact) mass is 596 g/mol. The van der Waals surface area contributed by atoms with Crippen LogP contribution in [0.2, 0.25) is 0 Å². The zero-order chi connectivity index (χ0) is 30.3. The van der Waals surface area contributed by atoms with E-state index in [2.05, 4.69) is 13.8 Å². The molecule has 9 heteroatoms. The summed E-state index contributed by atoms with van der Waals surface area (Å²) in [6.07, 6.45) is -1.70. The van der Waals surface area contributed by atoms with Crippen molar-refractivity contribution in [3.63, 3.8) is 0 Å². The molecule has 1 heterocycles. The fourth-order valence-corrected chi connectivity index (χ4v) is 8.89. The van der Waals surface area contributed by atoms with Crippen LogP contribution < -0.4 is 0 Å². The number of fused-ring (bicyclic) bond motifs is 4. The maximum atomic E-state index is 14.9. The number of hydrogen-bond acceptors (Lipinski definition) is 5. The van der Waals surface area contributed by atoms with Crippen molar-refractivity contribution in [3.05, 3.63) is 46.5 Å². The Bertz CT molecular complexity index is 1210. The fourth-order valence-electron chi connectivity index (χ4n) is 8.89. The van der Waals surface area contributed by atoms with E-state index in [1.54, 1.807) is 0 Å². The number of benzene rings is 1. The van der Waals surface area contributed by atoms with Crippen molar-refractivity contribution < 1.29 is 42.0 Å². The van der Waals surface area contributed by atoms with Gasteiger partial charge in [0.25, 0.3) is 0 Å². The summed E-state index contributed by atoms with van der Waals surface area (Å²) in [7, 11) is 0. The number of ether oxygens (including phenoxy) is 3. The topological polar surface area (TPSA) is 68.2 Å². The Balaban J connectivity index is 1.39. The van der Waals surface area contributed by atoms with Crippen LogP contribution in [-0.2, 0) is 20.8 Å². The van der Waals surface area contributed by atoms with Crippen molar-refractivity contribution in [2.45, 2.75) is 121 Å². The SMILES string of the molecule is CC1(C)COC2(CCC3=C4C(c5ccc(CO)cc5)CC5(C)C(OC(C)(F)C(F)(F)F)CCC5C4CCC3(O)C2)OC1. The van der Waals surface area contributed by atoms with Crippen LogP contribution in [0, 0.1) is 22.7 Å². The maximum Gasteiger partial charge on any atom is 0.448 e. The summed E-state index contributed by atoms with van der Waals surface area (Å²) in [5.41, 5.74) is 2.10. The predicted molar refractivity (Wildman–Crippen MR) is 148 cm³/mol. The van der Waals surface area contributed by atoms with Crippen molar-refractivity contribution in [1.82, 2.24) is 0 Å². The van der Waals surface area contributed by atoms with Crippen molar-refractivity contribution in [3.8, 4) is 0 Å². The Morgan fingerprint density at radius 1 is 0.976 bits per heavy atom. The van der Waals surface area contributed by atoms with Crippen LogP contribution >= 0.6 is 0 Å². The van der Waals surface area contributed by atoms with E-state index in [-0.39, 0.29) is 29.8 Å². The first-order valence-corrected chi connectivity index (χ1v) is 15.4. The van der Waals surface area contributed by atoms with Crippen molar-refractivity contribution in [1.29, 1.82) is 0 Å². The van der Waals surface area contributed by atoms with Gasteiger partial charge in [-0.2, -0.15) is 13.2 Å². The minimum absolute atomic E-state index is 0.0189. The smallest absolute Gasteiger partial charge is 0.392 e. The normalized spacial score (nSPS) is 38.9. The summed E-state index contributed by atoms with van der Waals surface area (Å²) in [5, 5.41) is 21.9. The molecule has 0 amide bonds. The Labute approximate surface area is 245 Å². The highest BCUT2D eigenvalue weighted by Crippen LogP contribution is 2.66. The van der Waals surface area contributed by atoms with E-state index in [9.17, 15) is 27.8 Å². The zero-order valence-electron chi connectivity index (χ0n) is 25.0. The lowest BCUT2D eigenvalue weighted by atomic mass is 9.51. The molecule has 1 aromatic carbocycles. The summed E-state index contributed by atoms with van der Waals surface area (Å²) in [6.45, 7) is 7.67. The van der Waals surface area contributed by atoms with Gasteiger partial charge in [-0.25, -0.2) is 4.39 Å². The Morgan fingerprint density at radius 3 is 2.26 bits per heavy atom. The quantitative estimate of drug-likeness (QED) is 0.287. The molecule has 42 heavy (non-hydrogen) atoms. The molecule has 7 atom stereocenters. The molecular weight excluding hydrogens is 552 g/mol. The van der Waals surface area contributed by atoms with Crippen LogP contribution in [0.4, 0.5) is 17.6 Å².